The normalized spacial score (nSPS) is 9.80. The highest BCUT2D eigenvalue weighted by atomic mass is 16.1. The SMILES string of the molecule is CNC(=O)CN(C)c1cnc(CN)cn1. The van der Waals surface area contributed by atoms with E-state index < -0.39 is 0 Å². The molecule has 1 aromatic rings. The van der Waals surface area contributed by atoms with Crippen LogP contribution in [0.4, 0.5) is 5.82 Å². The Morgan fingerprint density at radius 1 is 1.53 bits per heavy atom. The molecule has 1 amide bonds. The van der Waals surface area contributed by atoms with Gasteiger partial charge in [-0.05, 0) is 0 Å². The Balaban J connectivity index is 2.65. The van der Waals surface area contributed by atoms with Gasteiger partial charge in [-0.15, -0.1) is 0 Å². The Labute approximate surface area is 88.5 Å². The molecule has 0 saturated carbocycles. The predicted molar refractivity (Wildman–Crippen MR) is 57.3 cm³/mol. The van der Waals surface area contributed by atoms with Gasteiger partial charge in [0.2, 0.25) is 5.91 Å². The third kappa shape index (κ3) is 3.17. The Morgan fingerprint density at radius 2 is 2.27 bits per heavy atom. The summed E-state index contributed by atoms with van der Waals surface area (Å²) in [6, 6.07) is 0. The van der Waals surface area contributed by atoms with Crippen molar-refractivity contribution < 1.29 is 4.79 Å². The number of hydrogen-bond acceptors (Lipinski definition) is 5. The van der Waals surface area contributed by atoms with Crippen LogP contribution in [0.1, 0.15) is 5.69 Å². The van der Waals surface area contributed by atoms with E-state index in [9.17, 15) is 4.79 Å². The van der Waals surface area contributed by atoms with Gasteiger partial charge in [-0.25, -0.2) is 4.98 Å². The first-order valence-corrected chi connectivity index (χ1v) is 4.60. The Morgan fingerprint density at radius 3 is 2.73 bits per heavy atom. The van der Waals surface area contributed by atoms with Gasteiger partial charge in [-0.3, -0.25) is 9.78 Å². The molecule has 82 valence electrons. The molecule has 1 aromatic heterocycles. The van der Waals surface area contributed by atoms with Gasteiger partial charge in [-0.1, -0.05) is 0 Å². The van der Waals surface area contributed by atoms with Gasteiger partial charge < -0.3 is 16.0 Å². The highest BCUT2D eigenvalue weighted by molar-refractivity contribution is 5.80. The zero-order chi connectivity index (χ0) is 11.3. The first kappa shape index (κ1) is 11.4. The van der Waals surface area contributed by atoms with Crippen molar-refractivity contribution in [1.29, 1.82) is 0 Å². The van der Waals surface area contributed by atoms with E-state index in [0.717, 1.165) is 5.69 Å². The zero-order valence-electron chi connectivity index (χ0n) is 8.90. The largest absolute Gasteiger partial charge is 0.358 e. The molecule has 0 aliphatic heterocycles. The summed E-state index contributed by atoms with van der Waals surface area (Å²) in [6.07, 6.45) is 3.21. The van der Waals surface area contributed by atoms with Gasteiger partial charge in [0, 0.05) is 20.6 Å². The highest BCUT2D eigenvalue weighted by Gasteiger charge is 2.06. The molecule has 6 heteroatoms. The number of anilines is 1. The maximum Gasteiger partial charge on any atom is 0.239 e. The molecule has 1 rings (SSSR count). The number of aromatic nitrogens is 2. The molecule has 6 nitrogen and oxygen atoms in total. The fraction of sp³-hybridized carbons (Fsp3) is 0.444. The van der Waals surface area contributed by atoms with Crippen molar-refractivity contribution in [2.75, 3.05) is 25.5 Å². The van der Waals surface area contributed by atoms with Crippen molar-refractivity contribution in [2.24, 2.45) is 5.73 Å². The van der Waals surface area contributed by atoms with Crippen LogP contribution in [0.25, 0.3) is 0 Å². The van der Waals surface area contributed by atoms with Crippen LogP contribution in [0.3, 0.4) is 0 Å². The molecule has 3 N–H and O–H groups in total. The maximum atomic E-state index is 11.1. The molecule has 0 aromatic carbocycles. The zero-order valence-corrected chi connectivity index (χ0v) is 8.90. The molecule has 1 heterocycles. The molecular formula is C9H15N5O. The summed E-state index contributed by atoms with van der Waals surface area (Å²) in [4.78, 5) is 21.0. The minimum atomic E-state index is -0.0674. The highest BCUT2D eigenvalue weighted by Crippen LogP contribution is 2.05. The molecular weight excluding hydrogens is 194 g/mol. The van der Waals surface area contributed by atoms with Crippen LogP contribution < -0.4 is 16.0 Å². The topological polar surface area (TPSA) is 84.1 Å². The lowest BCUT2D eigenvalue weighted by Gasteiger charge is -2.16. The van der Waals surface area contributed by atoms with Gasteiger partial charge >= 0.3 is 0 Å². The number of amides is 1. The number of likely N-dealkylation sites (N-methyl/N-ethyl adjacent to an activating group) is 2. The lowest BCUT2D eigenvalue weighted by molar-refractivity contribution is -0.119. The van der Waals surface area contributed by atoms with Crippen molar-refractivity contribution in [3.05, 3.63) is 18.1 Å². The van der Waals surface area contributed by atoms with Crippen LogP contribution in [0.2, 0.25) is 0 Å². The Bertz CT molecular complexity index is 324. The lowest BCUT2D eigenvalue weighted by atomic mass is 10.4. The van der Waals surface area contributed by atoms with E-state index in [-0.39, 0.29) is 12.5 Å². The van der Waals surface area contributed by atoms with Crippen LogP contribution in [-0.4, -0.2) is 36.5 Å². The number of hydrogen-bond donors (Lipinski definition) is 2. The van der Waals surface area contributed by atoms with Crippen LogP contribution in [-0.2, 0) is 11.3 Å². The Hall–Kier alpha value is -1.69. The summed E-state index contributed by atoms with van der Waals surface area (Å²) >= 11 is 0. The molecule has 0 aliphatic rings. The number of carbonyl (C=O) groups is 1. The second-order valence-electron chi connectivity index (χ2n) is 3.10. The number of nitrogens with one attached hydrogen (secondary N) is 1. The monoisotopic (exact) mass is 209 g/mol. The molecule has 0 radical (unpaired) electrons. The molecule has 0 spiro atoms. The van der Waals surface area contributed by atoms with Crippen molar-refractivity contribution >= 4 is 11.7 Å². The summed E-state index contributed by atoms with van der Waals surface area (Å²) in [5.41, 5.74) is 6.13. The smallest absolute Gasteiger partial charge is 0.239 e. The Kier molecular flexibility index (Phi) is 3.99. The summed E-state index contributed by atoms with van der Waals surface area (Å²) < 4.78 is 0. The van der Waals surface area contributed by atoms with Crippen LogP contribution in [0, 0.1) is 0 Å². The average Bonchev–Trinajstić information content (AvgIpc) is 2.29. The van der Waals surface area contributed by atoms with E-state index in [1.54, 1.807) is 31.4 Å². The van der Waals surface area contributed by atoms with E-state index in [4.69, 9.17) is 5.73 Å². The first-order chi connectivity index (χ1) is 7.17. The molecule has 0 aliphatic carbocycles. The van der Waals surface area contributed by atoms with Crippen molar-refractivity contribution in [2.45, 2.75) is 6.54 Å². The summed E-state index contributed by atoms with van der Waals surface area (Å²) in [6.45, 7) is 0.625. The first-order valence-electron chi connectivity index (χ1n) is 4.60. The van der Waals surface area contributed by atoms with E-state index in [1.165, 1.54) is 0 Å². The maximum absolute atomic E-state index is 11.1. The minimum Gasteiger partial charge on any atom is -0.358 e. The molecule has 0 bridgehead atoms. The number of rotatable bonds is 4. The van der Waals surface area contributed by atoms with Gasteiger partial charge in [-0.2, -0.15) is 0 Å². The van der Waals surface area contributed by atoms with Crippen molar-refractivity contribution in [3.63, 3.8) is 0 Å². The van der Waals surface area contributed by atoms with Crippen molar-refractivity contribution in [3.8, 4) is 0 Å². The summed E-state index contributed by atoms with van der Waals surface area (Å²) in [5, 5.41) is 2.54. The molecule has 0 atom stereocenters. The summed E-state index contributed by atoms with van der Waals surface area (Å²) in [5.74, 6) is 0.581. The molecule has 15 heavy (non-hydrogen) atoms. The predicted octanol–water partition coefficient (Wildman–Crippen LogP) is -0.882. The van der Waals surface area contributed by atoms with Crippen LogP contribution in [0.15, 0.2) is 12.4 Å². The summed E-state index contributed by atoms with van der Waals surface area (Å²) in [7, 11) is 3.38. The molecule has 0 saturated heterocycles. The number of nitrogens with zero attached hydrogens (tertiary/aromatic N) is 3. The minimum absolute atomic E-state index is 0.0674. The van der Waals surface area contributed by atoms with Gasteiger partial charge in [0.15, 0.2) is 0 Å². The quantitative estimate of drug-likeness (QED) is 0.672. The fourth-order valence-corrected chi connectivity index (χ4v) is 1.03. The van der Waals surface area contributed by atoms with E-state index in [2.05, 4.69) is 15.3 Å². The molecule has 0 unspecified atom stereocenters. The number of carbonyl (C=O) groups excluding carboxylic acids is 1. The van der Waals surface area contributed by atoms with E-state index in [0.29, 0.717) is 12.4 Å². The van der Waals surface area contributed by atoms with Crippen LogP contribution >= 0.6 is 0 Å². The number of nitrogens with two attached hydrogens (primary N) is 1. The standard InChI is InChI=1S/C9H15N5O/c1-11-9(15)6-14(2)8-5-12-7(3-10)4-13-8/h4-5H,3,6,10H2,1-2H3,(H,11,15). The van der Waals surface area contributed by atoms with E-state index in [1.807, 2.05) is 0 Å². The second kappa shape index (κ2) is 5.26. The second-order valence-corrected chi connectivity index (χ2v) is 3.10. The lowest BCUT2D eigenvalue weighted by Crippen LogP contribution is -2.33. The van der Waals surface area contributed by atoms with Crippen molar-refractivity contribution in [1.82, 2.24) is 15.3 Å². The third-order valence-corrected chi connectivity index (χ3v) is 1.95. The van der Waals surface area contributed by atoms with Gasteiger partial charge in [0.05, 0.1) is 24.6 Å². The van der Waals surface area contributed by atoms with E-state index >= 15 is 0 Å². The average molecular weight is 209 g/mol. The van der Waals surface area contributed by atoms with Gasteiger partial charge in [0.25, 0.3) is 0 Å². The molecule has 0 fully saturated rings. The third-order valence-electron chi connectivity index (χ3n) is 1.95. The fourth-order valence-electron chi connectivity index (χ4n) is 1.03. The van der Waals surface area contributed by atoms with Gasteiger partial charge in [0.1, 0.15) is 5.82 Å². The van der Waals surface area contributed by atoms with Crippen LogP contribution in [0.5, 0.6) is 0 Å².